The molecule has 3 aromatic rings. The number of aromatic nitrogens is 4. The maximum absolute atomic E-state index is 13.9. The summed E-state index contributed by atoms with van der Waals surface area (Å²) in [5.74, 6) is -0.293. The second kappa shape index (κ2) is 11.3. The normalized spacial score (nSPS) is 21.6. The number of carbonyl (C=O) groups is 1. The highest BCUT2D eigenvalue weighted by Crippen LogP contribution is 2.56. The van der Waals surface area contributed by atoms with Crippen molar-refractivity contribution in [3.05, 3.63) is 55.3 Å². The van der Waals surface area contributed by atoms with Crippen LogP contribution in [0.15, 0.2) is 55.3 Å². The highest BCUT2D eigenvalue weighted by atomic mass is 31.2. The summed E-state index contributed by atoms with van der Waals surface area (Å²) in [5, 5.41) is 13.1. The number of anilines is 1. The molecule has 0 aliphatic heterocycles. The fourth-order valence-electron chi connectivity index (χ4n) is 4.10. The third kappa shape index (κ3) is 6.56. The maximum atomic E-state index is 13.9. The molecule has 2 aromatic heterocycles. The summed E-state index contributed by atoms with van der Waals surface area (Å²) < 4.78 is 38.6. The minimum absolute atomic E-state index is 0.224. The zero-order valence-corrected chi connectivity index (χ0v) is 23.1. The first-order valence-electron chi connectivity index (χ1n) is 12.4. The van der Waals surface area contributed by atoms with E-state index in [0.717, 1.165) is 0 Å². The summed E-state index contributed by atoms with van der Waals surface area (Å²) in [4.78, 5) is 24.8. The first-order chi connectivity index (χ1) is 18.4. The van der Waals surface area contributed by atoms with Crippen molar-refractivity contribution in [2.75, 3.05) is 5.73 Å². The Hall–Kier alpha value is -3.51. The smallest absolute Gasteiger partial charge is 0.458 e. The minimum atomic E-state index is -4.23. The number of imidazole rings is 1. The quantitative estimate of drug-likeness (QED) is 0.159. The predicted octanol–water partition coefficient (Wildman–Crippen LogP) is 2.96. The Morgan fingerprint density at radius 1 is 1.26 bits per heavy atom. The molecule has 2 unspecified atom stereocenters. The van der Waals surface area contributed by atoms with E-state index in [1.165, 1.54) is 6.33 Å². The molecule has 4 N–H and O–H groups in total. The molecule has 2 heterocycles. The van der Waals surface area contributed by atoms with Gasteiger partial charge in [0.05, 0.1) is 31.2 Å². The van der Waals surface area contributed by atoms with Gasteiger partial charge in [-0.05, 0) is 39.8 Å². The van der Waals surface area contributed by atoms with Gasteiger partial charge in [-0.15, -0.1) is 0 Å². The Bertz CT molecular complexity index is 1380. The SMILES string of the molecule is C=C(N[P@](=O)(Oc1ccccc1)O[C@H]1CC1(O[C@H](C)Cn1cnc2c(N)ncnc21)C(C)O)C(=O)OC(C)C. The fourth-order valence-corrected chi connectivity index (χ4v) is 5.65. The Morgan fingerprint density at radius 3 is 2.64 bits per heavy atom. The number of hydrogen-bond donors (Lipinski definition) is 3. The molecule has 0 bridgehead atoms. The number of esters is 1. The Balaban J connectivity index is 1.49. The van der Waals surface area contributed by atoms with Gasteiger partial charge in [0.1, 0.15) is 35.0 Å². The zero-order chi connectivity index (χ0) is 28.4. The number of nitrogens with one attached hydrogen (secondary N) is 1. The van der Waals surface area contributed by atoms with Crippen LogP contribution in [0.1, 0.15) is 34.1 Å². The molecule has 1 aliphatic carbocycles. The number of rotatable bonds is 13. The van der Waals surface area contributed by atoms with Gasteiger partial charge in [0.2, 0.25) is 0 Å². The van der Waals surface area contributed by atoms with Gasteiger partial charge in [0.25, 0.3) is 0 Å². The first kappa shape index (κ1) is 28.5. The average Bonchev–Trinajstić information content (AvgIpc) is 3.37. The summed E-state index contributed by atoms with van der Waals surface area (Å²) in [6.07, 6.45) is 0.491. The largest absolute Gasteiger partial charge is 0.487 e. The van der Waals surface area contributed by atoms with Crippen LogP contribution in [0.5, 0.6) is 5.75 Å². The highest BCUT2D eigenvalue weighted by Gasteiger charge is 2.64. The van der Waals surface area contributed by atoms with Gasteiger partial charge >= 0.3 is 13.7 Å². The van der Waals surface area contributed by atoms with Crippen LogP contribution < -0.4 is 15.3 Å². The van der Waals surface area contributed by atoms with Gasteiger partial charge in [-0.2, -0.15) is 0 Å². The topological polar surface area (TPSA) is 173 Å². The number of aliphatic hydroxyl groups is 1. The molecule has 1 fully saturated rings. The van der Waals surface area contributed by atoms with E-state index in [9.17, 15) is 14.5 Å². The molecule has 1 saturated carbocycles. The van der Waals surface area contributed by atoms with Crippen LogP contribution >= 0.6 is 7.75 Å². The number of nitrogens with two attached hydrogens (primary N) is 1. The predicted molar refractivity (Wildman–Crippen MR) is 142 cm³/mol. The van der Waals surface area contributed by atoms with Gasteiger partial charge in [-0.3, -0.25) is 9.61 Å². The van der Waals surface area contributed by atoms with Crippen molar-refractivity contribution in [2.24, 2.45) is 0 Å². The van der Waals surface area contributed by atoms with Gasteiger partial charge in [0, 0.05) is 6.42 Å². The number of nitrogens with zero attached hydrogens (tertiary/aromatic N) is 4. The van der Waals surface area contributed by atoms with Crippen LogP contribution in [0, 0.1) is 0 Å². The molecule has 39 heavy (non-hydrogen) atoms. The zero-order valence-electron chi connectivity index (χ0n) is 22.2. The molecule has 0 amide bonds. The van der Waals surface area contributed by atoms with E-state index in [1.807, 2.05) is 6.92 Å². The summed E-state index contributed by atoms with van der Waals surface area (Å²) >= 11 is 0. The van der Waals surface area contributed by atoms with Crippen LogP contribution in [0.25, 0.3) is 11.2 Å². The summed E-state index contributed by atoms with van der Waals surface area (Å²) in [5.41, 5.74) is 5.42. The van der Waals surface area contributed by atoms with E-state index in [2.05, 4.69) is 26.6 Å². The lowest BCUT2D eigenvalue weighted by molar-refractivity contribution is -0.142. The molecule has 14 heteroatoms. The monoisotopic (exact) mass is 560 g/mol. The Kier molecular flexibility index (Phi) is 8.26. The van der Waals surface area contributed by atoms with E-state index in [1.54, 1.807) is 62.0 Å². The molecular weight excluding hydrogens is 527 g/mol. The number of aliphatic hydroxyl groups excluding tert-OH is 1. The molecule has 1 aromatic carbocycles. The van der Waals surface area contributed by atoms with E-state index in [4.69, 9.17) is 24.3 Å². The average molecular weight is 561 g/mol. The number of fused-ring (bicyclic) bond motifs is 1. The van der Waals surface area contributed by atoms with Gasteiger partial charge < -0.3 is 29.4 Å². The van der Waals surface area contributed by atoms with Crippen LogP contribution in [0.2, 0.25) is 0 Å². The van der Waals surface area contributed by atoms with Crippen molar-refractivity contribution in [3.63, 3.8) is 0 Å². The summed E-state index contributed by atoms with van der Waals surface area (Å²) in [6.45, 7) is 10.7. The number of carbonyl (C=O) groups excluding carboxylic acids is 1. The van der Waals surface area contributed by atoms with E-state index >= 15 is 0 Å². The summed E-state index contributed by atoms with van der Waals surface area (Å²) in [6, 6.07) is 8.34. The third-order valence-electron chi connectivity index (χ3n) is 6.00. The van der Waals surface area contributed by atoms with Crippen LogP contribution in [-0.2, 0) is 29.9 Å². The van der Waals surface area contributed by atoms with Gasteiger partial charge in [-0.25, -0.2) is 24.3 Å². The van der Waals surface area contributed by atoms with Crippen molar-refractivity contribution in [1.82, 2.24) is 24.6 Å². The number of ether oxygens (including phenoxy) is 2. The van der Waals surface area contributed by atoms with Gasteiger partial charge in [0.15, 0.2) is 11.5 Å². The Morgan fingerprint density at radius 2 is 1.97 bits per heavy atom. The highest BCUT2D eigenvalue weighted by molar-refractivity contribution is 7.52. The number of nitrogen functional groups attached to an aromatic ring is 1. The lowest BCUT2D eigenvalue weighted by Gasteiger charge is -2.27. The van der Waals surface area contributed by atoms with Gasteiger partial charge in [-0.1, -0.05) is 24.8 Å². The standard InChI is InChI=1S/C25H33N6O7P/c1-15(2)35-24(33)17(4)30-39(34,37-19-9-7-6-8-10-19)38-20-11-25(20,18(5)32)36-16(3)12-31-14-29-21-22(26)27-13-28-23(21)31/h6-10,13-16,18,20,32H,4,11-12H2,1-3,5H3,(H,30,34)(H2,26,27,28)/t16-,18?,20+,25?,39+/m1/s1. The number of para-hydroxylation sites is 1. The Labute approximate surface area is 225 Å². The first-order valence-corrected chi connectivity index (χ1v) is 13.9. The van der Waals surface area contributed by atoms with Crippen molar-refractivity contribution >= 4 is 30.7 Å². The van der Waals surface area contributed by atoms with Crippen molar-refractivity contribution in [1.29, 1.82) is 0 Å². The second-order valence-electron chi connectivity index (χ2n) is 9.63. The fraction of sp³-hybridized carbons (Fsp3) is 0.440. The molecular formula is C25H33N6O7P. The summed E-state index contributed by atoms with van der Waals surface area (Å²) in [7, 11) is -4.23. The molecule has 1 aliphatic rings. The van der Waals surface area contributed by atoms with Crippen molar-refractivity contribution < 1.29 is 33.0 Å². The molecule has 210 valence electrons. The molecule has 0 saturated heterocycles. The maximum Gasteiger partial charge on any atom is 0.487 e. The van der Waals surface area contributed by atoms with E-state index < -0.39 is 43.7 Å². The molecule has 13 nitrogen and oxygen atoms in total. The van der Waals surface area contributed by atoms with E-state index in [-0.39, 0.29) is 23.7 Å². The number of benzene rings is 1. The second-order valence-corrected chi connectivity index (χ2v) is 11.2. The van der Waals surface area contributed by atoms with E-state index in [0.29, 0.717) is 17.7 Å². The lowest BCUT2D eigenvalue weighted by Crippen LogP contribution is -2.38. The van der Waals surface area contributed by atoms with Crippen LogP contribution in [0.3, 0.4) is 0 Å². The third-order valence-corrected chi connectivity index (χ3v) is 7.52. The van der Waals surface area contributed by atoms with Crippen LogP contribution in [-0.4, -0.2) is 60.6 Å². The minimum Gasteiger partial charge on any atom is -0.458 e. The molecule has 4 rings (SSSR count). The molecule has 0 spiro atoms. The van der Waals surface area contributed by atoms with Crippen molar-refractivity contribution in [3.8, 4) is 5.75 Å². The van der Waals surface area contributed by atoms with Crippen LogP contribution in [0.4, 0.5) is 5.82 Å². The number of hydrogen-bond acceptors (Lipinski definition) is 11. The molecule has 5 atom stereocenters. The molecule has 0 radical (unpaired) electrons. The lowest BCUT2D eigenvalue weighted by atomic mass is 10.2. The van der Waals surface area contributed by atoms with Crippen molar-refractivity contribution in [2.45, 2.75) is 70.7 Å².